The fourth-order valence-corrected chi connectivity index (χ4v) is 1.79. The fraction of sp³-hybridized carbons (Fsp3) is 1.00. The summed E-state index contributed by atoms with van der Waals surface area (Å²) in [4.78, 5) is 0. The first-order valence-electron chi connectivity index (χ1n) is 3.85. The van der Waals surface area contributed by atoms with E-state index in [1.54, 1.807) is 0 Å². The van der Waals surface area contributed by atoms with E-state index in [2.05, 4.69) is 0 Å². The van der Waals surface area contributed by atoms with E-state index in [0.29, 0.717) is 11.8 Å². The summed E-state index contributed by atoms with van der Waals surface area (Å²) < 4.78 is 10.7. The third-order valence-electron chi connectivity index (χ3n) is 2.47. The van der Waals surface area contributed by atoms with Crippen molar-refractivity contribution in [1.29, 1.82) is 0 Å². The summed E-state index contributed by atoms with van der Waals surface area (Å²) in [5.41, 5.74) is 5.55. The maximum atomic E-state index is 5.55. The van der Waals surface area contributed by atoms with Crippen molar-refractivity contribution in [1.82, 2.24) is 0 Å². The van der Waals surface area contributed by atoms with Gasteiger partial charge in [-0.15, -0.1) is 0 Å². The molecule has 58 valence electrons. The summed E-state index contributed by atoms with van der Waals surface area (Å²) in [6, 6.07) is 0. The molecule has 0 spiro atoms. The average molecular weight is 143 g/mol. The molecule has 2 heterocycles. The molecule has 10 heavy (non-hydrogen) atoms. The predicted molar refractivity (Wildman–Crippen MR) is 36.3 cm³/mol. The minimum absolute atomic E-state index is 0.0774. The minimum Gasteiger partial charge on any atom is -0.352 e. The van der Waals surface area contributed by atoms with Gasteiger partial charge in [0.25, 0.3) is 0 Å². The zero-order chi connectivity index (χ0) is 6.97. The Morgan fingerprint density at radius 3 is 3.10 bits per heavy atom. The number of ether oxygens (including phenoxy) is 2. The summed E-state index contributed by atoms with van der Waals surface area (Å²) in [6.45, 7) is 2.39. The van der Waals surface area contributed by atoms with E-state index < -0.39 is 0 Å². The van der Waals surface area contributed by atoms with Crippen molar-refractivity contribution in [2.24, 2.45) is 17.6 Å². The highest BCUT2D eigenvalue weighted by Crippen LogP contribution is 2.34. The highest BCUT2D eigenvalue weighted by molar-refractivity contribution is 4.82. The highest BCUT2D eigenvalue weighted by atomic mass is 16.7. The maximum Gasteiger partial charge on any atom is 0.160 e. The van der Waals surface area contributed by atoms with Gasteiger partial charge in [0.2, 0.25) is 0 Å². The first-order chi connectivity index (χ1) is 4.92. The summed E-state index contributed by atoms with van der Waals surface area (Å²) in [5.74, 6) is 1.14. The molecule has 3 heteroatoms. The molecule has 2 aliphatic rings. The van der Waals surface area contributed by atoms with Gasteiger partial charge in [0.05, 0.1) is 13.2 Å². The molecule has 0 aromatic heterocycles. The van der Waals surface area contributed by atoms with Gasteiger partial charge >= 0.3 is 0 Å². The topological polar surface area (TPSA) is 44.5 Å². The fourth-order valence-electron chi connectivity index (χ4n) is 1.79. The van der Waals surface area contributed by atoms with Crippen molar-refractivity contribution in [3.63, 3.8) is 0 Å². The van der Waals surface area contributed by atoms with E-state index in [0.717, 1.165) is 26.2 Å². The van der Waals surface area contributed by atoms with Crippen LogP contribution in [0.15, 0.2) is 0 Å². The van der Waals surface area contributed by atoms with Gasteiger partial charge in [-0.25, -0.2) is 0 Å². The number of hydrogen-bond donors (Lipinski definition) is 1. The normalized spacial score (nSPS) is 45.9. The average Bonchev–Trinajstić information content (AvgIpc) is 2.44. The standard InChI is InChI=1S/C7H13NO2/c8-3-5-4-10-7-6(5)1-2-9-7/h5-7H,1-4,8H2/t5-,6+,7-/m0/s1. The van der Waals surface area contributed by atoms with Gasteiger partial charge in [-0.3, -0.25) is 0 Å². The summed E-state index contributed by atoms with van der Waals surface area (Å²) >= 11 is 0. The lowest BCUT2D eigenvalue weighted by atomic mass is 9.94. The summed E-state index contributed by atoms with van der Waals surface area (Å²) in [7, 11) is 0. The van der Waals surface area contributed by atoms with Gasteiger partial charge in [0, 0.05) is 11.8 Å². The Balaban J connectivity index is 2.01. The smallest absolute Gasteiger partial charge is 0.160 e. The molecule has 2 rings (SSSR count). The molecule has 2 fully saturated rings. The second kappa shape index (κ2) is 2.49. The van der Waals surface area contributed by atoms with Crippen LogP contribution in [0.5, 0.6) is 0 Å². The molecule has 3 atom stereocenters. The Morgan fingerprint density at radius 2 is 2.30 bits per heavy atom. The van der Waals surface area contributed by atoms with E-state index in [9.17, 15) is 0 Å². The Hall–Kier alpha value is -0.120. The molecule has 0 bridgehead atoms. The molecule has 2 aliphatic heterocycles. The maximum absolute atomic E-state index is 5.55. The van der Waals surface area contributed by atoms with Crippen LogP contribution in [0.3, 0.4) is 0 Å². The molecule has 2 N–H and O–H groups in total. The number of hydrogen-bond acceptors (Lipinski definition) is 3. The van der Waals surface area contributed by atoms with E-state index in [4.69, 9.17) is 15.2 Å². The van der Waals surface area contributed by atoms with E-state index >= 15 is 0 Å². The van der Waals surface area contributed by atoms with Crippen LogP contribution in [0.25, 0.3) is 0 Å². The van der Waals surface area contributed by atoms with Crippen LogP contribution in [-0.2, 0) is 9.47 Å². The Labute approximate surface area is 60.5 Å². The SMILES string of the molecule is NC[C@H]1CO[C@@H]2OCC[C@H]12. The molecule has 0 aromatic carbocycles. The lowest BCUT2D eigenvalue weighted by Gasteiger charge is -2.10. The van der Waals surface area contributed by atoms with Gasteiger partial charge in [-0.1, -0.05) is 0 Å². The van der Waals surface area contributed by atoms with Crippen LogP contribution >= 0.6 is 0 Å². The monoisotopic (exact) mass is 143 g/mol. The quantitative estimate of drug-likeness (QED) is 0.560. The van der Waals surface area contributed by atoms with Crippen LogP contribution in [0.2, 0.25) is 0 Å². The molecule has 3 nitrogen and oxygen atoms in total. The third kappa shape index (κ3) is 0.856. The lowest BCUT2D eigenvalue weighted by Crippen LogP contribution is -2.22. The number of fused-ring (bicyclic) bond motifs is 1. The Kier molecular flexibility index (Phi) is 1.64. The van der Waals surface area contributed by atoms with Crippen molar-refractivity contribution in [2.75, 3.05) is 19.8 Å². The van der Waals surface area contributed by atoms with Crippen molar-refractivity contribution >= 4 is 0 Å². The lowest BCUT2D eigenvalue weighted by molar-refractivity contribution is -0.0905. The second-order valence-electron chi connectivity index (χ2n) is 3.02. The molecule has 0 saturated carbocycles. The highest BCUT2D eigenvalue weighted by Gasteiger charge is 2.40. The van der Waals surface area contributed by atoms with Gasteiger partial charge in [-0.2, -0.15) is 0 Å². The van der Waals surface area contributed by atoms with Gasteiger partial charge in [-0.05, 0) is 13.0 Å². The molecule has 0 aliphatic carbocycles. The summed E-state index contributed by atoms with van der Waals surface area (Å²) in [6.07, 6.45) is 1.21. The predicted octanol–water partition coefficient (Wildman–Crippen LogP) is -0.0459. The zero-order valence-electron chi connectivity index (χ0n) is 5.95. The molecule has 0 radical (unpaired) electrons. The van der Waals surface area contributed by atoms with Crippen LogP contribution in [0, 0.1) is 11.8 Å². The largest absolute Gasteiger partial charge is 0.352 e. The number of rotatable bonds is 1. The van der Waals surface area contributed by atoms with Gasteiger partial charge in [0.15, 0.2) is 6.29 Å². The summed E-state index contributed by atoms with van der Waals surface area (Å²) in [5, 5.41) is 0. The van der Waals surface area contributed by atoms with Crippen LogP contribution in [0.4, 0.5) is 0 Å². The van der Waals surface area contributed by atoms with Gasteiger partial charge in [0.1, 0.15) is 0 Å². The molecule has 0 aromatic rings. The first kappa shape index (κ1) is 6.58. The van der Waals surface area contributed by atoms with Gasteiger partial charge < -0.3 is 15.2 Å². The van der Waals surface area contributed by atoms with Crippen molar-refractivity contribution in [3.8, 4) is 0 Å². The van der Waals surface area contributed by atoms with Crippen LogP contribution < -0.4 is 5.73 Å². The molecule has 0 amide bonds. The van der Waals surface area contributed by atoms with Crippen molar-refractivity contribution in [3.05, 3.63) is 0 Å². The minimum atomic E-state index is 0.0774. The van der Waals surface area contributed by atoms with E-state index in [1.807, 2.05) is 0 Å². The van der Waals surface area contributed by atoms with Crippen molar-refractivity contribution < 1.29 is 9.47 Å². The molecule has 2 saturated heterocycles. The zero-order valence-corrected chi connectivity index (χ0v) is 5.95. The molecular weight excluding hydrogens is 130 g/mol. The second-order valence-corrected chi connectivity index (χ2v) is 3.02. The first-order valence-corrected chi connectivity index (χ1v) is 3.85. The Morgan fingerprint density at radius 1 is 1.40 bits per heavy atom. The third-order valence-corrected chi connectivity index (χ3v) is 2.47. The van der Waals surface area contributed by atoms with Crippen LogP contribution in [-0.4, -0.2) is 26.0 Å². The van der Waals surface area contributed by atoms with Crippen LogP contribution in [0.1, 0.15) is 6.42 Å². The number of nitrogens with two attached hydrogens (primary N) is 1. The Bertz CT molecular complexity index is 129. The molecular formula is C7H13NO2. The van der Waals surface area contributed by atoms with Crippen molar-refractivity contribution in [2.45, 2.75) is 12.7 Å². The molecule has 0 unspecified atom stereocenters. The van der Waals surface area contributed by atoms with E-state index in [1.165, 1.54) is 0 Å². The van der Waals surface area contributed by atoms with E-state index in [-0.39, 0.29) is 6.29 Å².